The second-order valence-electron chi connectivity index (χ2n) is 6.42. The van der Waals surface area contributed by atoms with Gasteiger partial charge in [0.1, 0.15) is 17.6 Å². The van der Waals surface area contributed by atoms with Gasteiger partial charge in [-0.1, -0.05) is 37.6 Å². The molecule has 0 radical (unpaired) electrons. The summed E-state index contributed by atoms with van der Waals surface area (Å²) in [5, 5.41) is 10.2. The van der Waals surface area contributed by atoms with E-state index in [0.717, 1.165) is 45.9 Å². The lowest BCUT2D eigenvalue weighted by atomic mass is 9.84. The molecule has 0 fully saturated rings. The van der Waals surface area contributed by atoms with Gasteiger partial charge in [0, 0.05) is 0 Å². The van der Waals surface area contributed by atoms with Crippen LogP contribution in [0.4, 0.5) is 0 Å². The largest absolute Gasteiger partial charge is 0.506 e. The summed E-state index contributed by atoms with van der Waals surface area (Å²) in [6, 6.07) is 12.1. The normalized spacial score (nSPS) is 19.6. The topological polar surface area (TPSA) is 29.5 Å². The van der Waals surface area contributed by atoms with E-state index in [2.05, 4.69) is 50.9 Å². The first-order chi connectivity index (χ1) is 11.6. The van der Waals surface area contributed by atoms with Crippen LogP contribution in [-0.4, -0.2) is 11.2 Å². The number of aryl methyl sites for hydroxylation is 1. The molecular formula is C20H22Br2O2. The number of phenolic OH excluding ortho intramolecular Hbond substituents is 1. The van der Waals surface area contributed by atoms with Crippen molar-refractivity contribution >= 4 is 31.9 Å². The van der Waals surface area contributed by atoms with Gasteiger partial charge in [0.25, 0.3) is 0 Å². The number of rotatable bonds is 5. The smallest absolute Gasteiger partial charge is 0.137 e. The Balaban J connectivity index is 1.77. The molecular weight excluding hydrogens is 432 g/mol. The molecule has 3 rings (SSSR count). The fourth-order valence-corrected chi connectivity index (χ4v) is 4.43. The highest BCUT2D eigenvalue weighted by Crippen LogP contribution is 2.40. The van der Waals surface area contributed by atoms with Crippen LogP contribution in [0.3, 0.4) is 0 Å². The molecule has 0 saturated carbocycles. The van der Waals surface area contributed by atoms with Gasteiger partial charge in [-0.2, -0.15) is 0 Å². The Hall–Kier alpha value is -1.00. The van der Waals surface area contributed by atoms with E-state index in [4.69, 9.17) is 4.74 Å². The fraction of sp³-hybridized carbons (Fsp3) is 0.400. The molecule has 0 saturated heterocycles. The lowest BCUT2D eigenvalue weighted by Crippen LogP contribution is -2.33. The first-order valence-electron chi connectivity index (χ1n) is 8.50. The third-order valence-electron chi connectivity index (χ3n) is 4.75. The van der Waals surface area contributed by atoms with Crippen LogP contribution in [0, 0.1) is 5.92 Å². The van der Waals surface area contributed by atoms with Crippen LogP contribution >= 0.6 is 31.9 Å². The zero-order valence-corrected chi connectivity index (χ0v) is 16.9. The fourth-order valence-electron chi connectivity index (χ4n) is 3.52. The molecule has 0 spiro atoms. The zero-order chi connectivity index (χ0) is 17.1. The minimum Gasteiger partial charge on any atom is -0.506 e. The third kappa shape index (κ3) is 3.80. The number of hydrogen-bond acceptors (Lipinski definition) is 2. The predicted molar refractivity (Wildman–Crippen MR) is 105 cm³/mol. The molecule has 0 aliphatic carbocycles. The maximum absolute atomic E-state index is 10.2. The molecule has 0 aromatic heterocycles. The van der Waals surface area contributed by atoms with Gasteiger partial charge in [-0.15, -0.1) is 0 Å². The van der Waals surface area contributed by atoms with E-state index >= 15 is 0 Å². The molecule has 4 heteroatoms. The van der Waals surface area contributed by atoms with Crippen molar-refractivity contribution in [1.82, 2.24) is 0 Å². The maximum Gasteiger partial charge on any atom is 0.137 e. The Labute approximate surface area is 160 Å². The number of phenols is 1. The van der Waals surface area contributed by atoms with Crippen LogP contribution < -0.4 is 4.74 Å². The second kappa shape index (κ2) is 7.92. The first kappa shape index (κ1) is 17.8. The molecule has 2 aromatic rings. The highest BCUT2D eigenvalue weighted by molar-refractivity contribution is 9.10. The van der Waals surface area contributed by atoms with Gasteiger partial charge in [-0.05, 0) is 86.7 Å². The Morgan fingerprint density at radius 3 is 2.62 bits per heavy atom. The lowest BCUT2D eigenvalue weighted by molar-refractivity contribution is 0.0976. The molecule has 0 bridgehead atoms. The minimum atomic E-state index is 0.189. The van der Waals surface area contributed by atoms with Crippen molar-refractivity contribution in [3.63, 3.8) is 0 Å². The molecule has 2 aromatic carbocycles. The summed E-state index contributed by atoms with van der Waals surface area (Å²) in [6.45, 7) is 2.23. The van der Waals surface area contributed by atoms with Gasteiger partial charge in [-0.25, -0.2) is 0 Å². The summed E-state index contributed by atoms with van der Waals surface area (Å²) in [5.41, 5.74) is 2.27. The van der Waals surface area contributed by atoms with Crippen molar-refractivity contribution in [3.05, 3.63) is 56.5 Å². The van der Waals surface area contributed by atoms with Gasteiger partial charge < -0.3 is 9.84 Å². The van der Waals surface area contributed by atoms with Crippen LogP contribution in [0.1, 0.15) is 37.3 Å². The first-order valence-corrected chi connectivity index (χ1v) is 10.1. The van der Waals surface area contributed by atoms with Gasteiger partial charge >= 0.3 is 0 Å². The Morgan fingerprint density at radius 2 is 1.83 bits per heavy atom. The number of aromatic hydroxyl groups is 1. The molecule has 24 heavy (non-hydrogen) atoms. The van der Waals surface area contributed by atoms with Gasteiger partial charge in [0.05, 0.1) is 8.95 Å². The molecule has 1 heterocycles. The van der Waals surface area contributed by atoms with E-state index in [1.807, 2.05) is 24.3 Å². The molecule has 0 amide bonds. The van der Waals surface area contributed by atoms with E-state index in [9.17, 15) is 5.11 Å². The molecule has 2 nitrogen and oxygen atoms in total. The average Bonchev–Trinajstić information content (AvgIpc) is 2.57. The average molecular weight is 454 g/mol. The molecule has 128 valence electrons. The highest BCUT2D eigenvalue weighted by atomic mass is 79.9. The summed E-state index contributed by atoms with van der Waals surface area (Å²) in [6.07, 6.45) is 5.31. The highest BCUT2D eigenvalue weighted by Gasteiger charge is 2.30. The lowest BCUT2D eigenvalue weighted by Gasteiger charge is -2.34. The van der Waals surface area contributed by atoms with E-state index in [1.54, 1.807) is 0 Å². The number of para-hydroxylation sites is 2. The minimum absolute atomic E-state index is 0.189. The van der Waals surface area contributed by atoms with Crippen molar-refractivity contribution in [1.29, 1.82) is 0 Å². The molecule has 2 unspecified atom stereocenters. The molecule has 1 N–H and O–H groups in total. The number of hydrogen-bond donors (Lipinski definition) is 1. The van der Waals surface area contributed by atoms with Crippen LogP contribution in [0.2, 0.25) is 0 Å². The maximum atomic E-state index is 10.2. The summed E-state index contributed by atoms with van der Waals surface area (Å²) >= 11 is 7.01. The van der Waals surface area contributed by atoms with Gasteiger partial charge in [0.15, 0.2) is 0 Å². The summed E-state index contributed by atoms with van der Waals surface area (Å²) < 4.78 is 8.16. The van der Waals surface area contributed by atoms with Gasteiger partial charge in [0.2, 0.25) is 0 Å². The Bertz CT molecular complexity index is 715. The van der Waals surface area contributed by atoms with Crippen molar-refractivity contribution in [3.8, 4) is 11.5 Å². The summed E-state index contributed by atoms with van der Waals surface area (Å²) in [4.78, 5) is 0. The number of fused-ring (bicyclic) bond motifs is 1. The molecule has 1 aliphatic rings. The van der Waals surface area contributed by atoms with Crippen molar-refractivity contribution in [2.45, 2.75) is 45.1 Å². The number of benzene rings is 2. The number of ether oxygens (including phenoxy) is 1. The zero-order valence-electron chi connectivity index (χ0n) is 13.8. The van der Waals surface area contributed by atoms with Crippen molar-refractivity contribution in [2.75, 3.05) is 0 Å². The Morgan fingerprint density at radius 1 is 1.08 bits per heavy atom. The van der Waals surface area contributed by atoms with Gasteiger partial charge in [-0.3, -0.25) is 0 Å². The van der Waals surface area contributed by atoms with E-state index in [1.165, 1.54) is 12.0 Å². The standard InChI is InChI=1S/C20H22Br2O2/c1-2-5-14-12-15-7-4-9-17(22)20(15)24-18(14)11-10-13-6-3-8-16(21)19(13)23/h3-4,6-9,14,18,23H,2,5,10-12H2,1H3. The summed E-state index contributed by atoms with van der Waals surface area (Å²) in [7, 11) is 0. The van der Waals surface area contributed by atoms with E-state index < -0.39 is 0 Å². The van der Waals surface area contributed by atoms with Crippen molar-refractivity contribution in [2.24, 2.45) is 5.92 Å². The Kier molecular flexibility index (Phi) is 5.88. The van der Waals surface area contributed by atoms with Crippen LogP contribution in [-0.2, 0) is 12.8 Å². The molecule has 2 atom stereocenters. The quantitative estimate of drug-likeness (QED) is 0.577. The molecule has 1 aliphatic heterocycles. The monoisotopic (exact) mass is 452 g/mol. The number of halogens is 2. The van der Waals surface area contributed by atoms with Crippen molar-refractivity contribution < 1.29 is 9.84 Å². The SMILES string of the molecule is CCCC1Cc2cccc(Br)c2OC1CCc1cccc(Br)c1O. The second-order valence-corrected chi connectivity index (χ2v) is 8.13. The van der Waals surface area contributed by atoms with E-state index in [-0.39, 0.29) is 6.10 Å². The van der Waals surface area contributed by atoms with E-state index in [0.29, 0.717) is 11.7 Å². The predicted octanol–water partition coefficient (Wildman–Crippen LogP) is 6.27. The van der Waals surface area contributed by atoms with Crippen LogP contribution in [0.5, 0.6) is 11.5 Å². The summed E-state index contributed by atoms with van der Waals surface area (Å²) in [5.74, 6) is 1.88. The third-order valence-corrected chi connectivity index (χ3v) is 6.02. The van der Waals surface area contributed by atoms with Crippen LogP contribution in [0.25, 0.3) is 0 Å². The van der Waals surface area contributed by atoms with Crippen LogP contribution in [0.15, 0.2) is 45.3 Å².